The molecule has 0 radical (unpaired) electrons. The largest absolute Gasteiger partial charge is 0.322 e. The lowest BCUT2D eigenvalue weighted by Gasteiger charge is -2.06. The lowest BCUT2D eigenvalue weighted by atomic mass is 10.1. The first-order valence-electron chi connectivity index (χ1n) is 6.15. The van der Waals surface area contributed by atoms with Gasteiger partial charge in [-0.15, -0.1) is 0 Å². The summed E-state index contributed by atoms with van der Waals surface area (Å²) in [6, 6.07) is 10.6. The molecule has 5 heteroatoms. The number of anilines is 1. The van der Waals surface area contributed by atoms with Gasteiger partial charge in [0.15, 0.2) is 0 Å². The normalized spacial score (nSPS) is 9.67. The number of halogens is 2. The van der Waals surface area contributed by atoms with Gasteiger partial charge in [-0.2, -0.15) is 0 Å². The number of nitrogens with one attached hydrogen (secondary N) is 1. The molecule has 2 aromatic rings. The van der Waals surface area contributed by atoms with E-state index in [4.69, 9.17) is 17.3 Å². The van der Waals surface area contributed by atoms with E-state index < -0.39 is 11.7 Å². The average molecular weight is 303 g/mol. The van der Waals surface area contributed by atoms with E-state index in [1.165, 1.54) is 18.2 Å². The summed E-state index contributed by atoms with van der Waals surface area (Å²) >= 11 is 5.76. The average Bonchev–Trinajstić information content (AvgIpc) is 2.48. The summed E-state index contributed by atoms with van der Waals surface area (Å²) in [6.45, 7) is 0.198. The second kappa shape index (κ2) is 6.89. The van der Waals surface area contributed by atoms with Crippen LogP contribution in [0.15, 0.2) is 42.5 Å². The van der Waals surface area contributed by atoms with Crippen LogP contribution < -0.4 is 11.1 Å². The number of nitrogens with two attached hydrogens (primary N) is 1. The zero-order chi connectivity index (χ0) is 15.2. The molecule has 0 heterocycles. The molecule has 0 fully saturated rings. The molecule has 0 aromatic heterocycles. The first-order chi connectivity index (χ1) is 10.1. The summed E-state index contributed by atoms with van der Waals surface area (Å²) in [5.41, 5.74) is 6.27. The van der Waals surface area contributed by atoms with Gasteiger partial charge >= 0.3 is 0 Å². The Bertz CT molecular complexity index is 717. The molecule has 3 nitrogen and oxygen atoms in total. The third-order valence-electron chi connectivity index (χ3n) is 2.65. The molecule has 0 spiro atoms. The maximum atomic E-state index is 13.8. The van der Waals surface area contributed by atoms with Gasteiger partial charge in [0, 0.05) is 16.3 Å². The zero-order valence-electron chi connectivity index (χ0n) is 11.0. The van der Waals surface area contributed by atoms with Crippen LogP contribution in [-0.4, -0.2) is 12.5 Å². The van der Waals surface area contributed by atoms with E-state index in [0.717, 1.165) is 0 Å². The van der Waals surface area contributed by atoms with Gasteiger partial charge in [-0.25, -0.2) is 4.39 Å². The fraction of sp³-hybridized carbons (Fsp3) is 0.0625. The monoisotopic (exact) mass is 302 g/mol. The Balaban J connectivity index is 2.23. The van der Waals surface area contributed by atoms with Gasteiger partial charge in [-0.3, -0.25) is 4.79 Å². The quantitative estimate of drug-likeness (QED) is 0.838. The molecule has 0 aliphatic heterocycles. The molecular weight excluding hydrogens is 291 g/mol. The minimum Gasteiger partial charge on any atom is -0.322 e. The number of carbonyl (C=O) groups excluding carboxylic acids is 1. The second-order valence-electron chi connectivity index (χ2n) is 4.16. The Morgan fingerprint density at radius 2 is 1.95 bits per heavy atom. The van der Waals surface area contributed by atoms with Crippen molar-refractivity contribution in [3.63, 3.8) is 0 Å². The van der Waals surface area contributed by atoms with Crippen molar-refractivity contribution in [1.29, 1.82) is 0 Å². The van der Waals surface area contributed by atoms with Crippen LogP contribution >= 0.6 is 11.6 Å². The topological polar surface area (TPSA) is 55.1 Å². The lowest BCUT2D eigenvalue weighted by Crippen LogP contribution is -2.14. The molecule has 1 amide bonds. The van der Waals surface area contributed by atoms with Crippen molar-refractivity contribution >= 4 is 23.2 Å². The SMILES string of the molecule is NCC#Cc1ccc(F)c(C(=O)Nc2ccc(Cl)cc2)c1. The van der Waals surface area contributed by atoms with E-state index in [1.807, 2.05) is 0 Å². The number of rotatable bonds is 2. The summed E-state index contributed by atoms with van der Waals surface area (Å²) in [5, 5.41) is 3.15. The Labute approximate surface area is 126 Å². The Hall–Kier alpha value is -2.35. The molecule has 21 heavy (non-hydrogen) atoms. The third-order valence-corrected chi connectivity index (χ3v) is 2.90. The highest BCUT2D eigenvalue weighted by Gasteiger charge is 2.12. The van der Waals surface area contributed by atoms with E-state index in [2.05, 4.69) is 17.2 Å². The highest BCUT2D eigenvalue weighted by molar-refractivity contribution is 6.30. The maximum absolute atomic E-state index is 13.8. The van der Waals surface area contributed by atoms with Crippen LogP contribution in [0, 0.1) is 17.7 Å². The molecule has 0 unspecified atom stereocenters. The van der Waals surface area contributed by atoms with Crippen molar-refractivity contribution in [1.82, 2.24) is 0 Å². The predicted molar refractivity (Wildman–Crippen MR) is 81.7 cm³/mol. The molecule has 0 aliphatic carbocycles. The molecule has 0 atom stereocenters. The van der Waals surface area contributed by atoms with Crippen molar-refractivity contribution in [2.45, 2.75) is 0 Å². The van der Waals surface area contributed by atoms with E-state index in [0.29, 0.717) is 16.3 Å². The Morgan fingerprint density at radius 3 is 2.62 bits per heavy atom. The lowest BCUT2D eigenvalue weighted by molar-refractivity contribution is 0.102. The molecule has 0 bridgehead atoms. The van der Waals surface area contributed by atoms with Crippen LogP contribution in [0.2, 0.25) is 5.02 Å². The van der Waals surface area contributed by atoms with Crippen molar-refractivity contribution in [2.24, 2.45) is 5.73 Å². The van der Waals surface area contributed by atoms with Crippen LogP contribution in [0.5, 0.6) is 0 Å². The molecule has 2 rings (SSSR count). The summed E-state index contributed by atoms with van der Waals surface area (Å²) < 4.78 is 13.8. The van der Waals surface area contributed by atoms with Gasteiger partial charge in [0.2, 0.25) is 0 Å². The third kappa shape index (κ3) is 4.06. The summed E-state index contributed by atoms with van der Waals surface area (Å²) in [4.78, 5) is 12.1. The highest BCUT2D eigenvalue weighted by atomic mass is 35.5. The van der Waals surface area contributed by atoms with Gasteiger partial charge < -0.3 is 11.1 Å². The van der Waals surface area contributed by atoms with Crippen molar-refractivity contribution in [3.05, 3.63) is 64.4 Å². The van der Waals surface area contributed by atoms with Crippen molar-refractivity contribution < 1.29 is 9.18 Å². The predicted octanol–water partition coefficient (Wildman–Crippen LogP) is 3.04. The number of carbonyl (C=O) groups is 1. The summed E-state index contributed by atoms with van der Waals surface area (Å²) in [6.07, 6.45) is 0. The molecule has 2 aromatic carbocycles. The van der Waals surface area contributed by atoms with Gasteiger partial charge in [0.1, 0.15) is 5.82 Å². The first-order valence-corrected chi connectivity index (χ1v) is 6.53. The van der Waals surface area contributed by atoms with E-state index >= 15 is 0 Å². The fourth-order valence-corrected chi connectivity index (χ4v) is 1.79. The van der Waals surface area contributed by atoms with Crippen molar-refractivity contribution in [3.8, 4) is 11.8 Å². The van der Waals surface area contributed by atoms with Crippen molar-refractivity contribution in [2.75, 3.05) is 11.9 Å². The van der Waals surface area contributed by atoms with Gasteiger partial charge in [0.05, 0.1) is 12.1 Å². The zero-order valence-corrected chi connectivity index (χ0v) is 11.7. The van der Waals surface area contributed by atoms with Crippen LogP contribution in [0.1, 0.15) is 15.9 Å². The van der Waals surface area contributed by atoms with E-state index in [1.54, 1.807) is 24.3 Å². The molecule has 106 valence electrons. The molecule has 0 saturated carbocycles. The summed E-state index contributed by atoms with van der Waals surface area (Å²) in [5.74, 6) is 4.25. The summed E-state index contributed by atoms with van der Waals surface area (Å²) in [7, 11) is 0. The maximum Gasteiger partial charge on any atom is 0.258 e. The van der Waals surface area contributed by atoms with E-state index in [9.17, 15) is 9.18 Å². The fourth-order valence-electron chi connectivity index (χ4n) is 1.66. The number of amides is 1. The molecule has 3 N–H and O–H groups in total. The highest BCUT2D eigenvalue weighted by Crippen LogP contribution is 2.16. The Morgan fingerprint density at radius 1 is 1.24 bits per heavy atom. The van der Waals surface area contributed by atoms with Crippen LogP contribution in [0.4, 0.5) is 10.1 Å². The number of hydrogen-bond acceptors (Lipinski definition) is 2. The smallest absolute Gasteiger partial charge is 0.258 e. The number of benzene rings is 2. The van der Waals surface area contributed by atoms with Gasteiger partial charge in [-0.05, 0) is 42.5 Å². The molecule has 0 saturated heterocycles. The second-order valence-corrected chi connectivity index (χ2v) is 4.60. The van der Waals surface area contributed by atoms with Crippen LogP contribution in [0.3, 0.4) is 0 Å². The van der Waals surface area contributed by atoms with Gasteiger partial charge in [0.25, 0.3) is 5.91 Å². The number of hydrogen-bond donors (Lipinski definition) is 2. The minimum absolute atomic E-state index is 0.0752. The molecular formula is C16H12ClFN2O. The first kappa shape index (κ1) is 15.0. The van der Waals surface area contributed by atoms with Crippen LogP contribution in [-0.2, 0) is 0 Å². The molecule has 0 aliphatic rings. The van der Waals surface area contributed by atoms with E-state index in [-0.39, 0.29) is 12.1 Å². The minimum atomic E-state index is -0.611. The van der Waals surface area contributed by atoms with Crippen LogP contribution in [0.25, 0.3) is 0 Å². The standard InChI is InChI=1S/C16H12ClFN2O/c17-12-4-6-13(7-5-12)20-16(21)14-10-11(2-1-9-19)3-8-15(14)18/h3-8,10H,9,19H2,(H,20,21). The Kier molecular flexibility index (Phi) is 4.94. The van der Waals surface area contributed by atoms with Gasteiger partial charge in [-0.1, -0.05) is 23.4 Å².